The summed E-state index contributed by atoms with van der Waals surface area (Å²) in [7, 11) is 0. The van der Waals surface area contributed by atoms with Gasteiger partial charge in [0.25, 0.3) is 0 Å². The standard InChI is InChI=1S/C15H22O4/c1-5-8-18-14(17)15(4)7-6-12(9-13(15)16)19-10-11(2)3/h5,9,11H,1,6-8,10H2,2-4H3. The summed E-state index contributed by atoms with van der Waals surface area (Å²) in [6.07, 6.45) is 3.92. The van der Waals surface area contributed by atoms with Gasteiger partial charge in [0.05, 0.1) is 12.4 Å². The van der Waals surface area contributed by atoms with E-state index in [9.17, 15) is 9.59 Å². The molecule has 0 aromatic carbocycles. The molecule has 1 atom stereocenters. The van der Waals surface area contributed by atoms with E-state index in [2.05, 4.69) is 6.58 Å². The van der Waals surface area contributed by atoms with Gasteiger partial charge >= 0.3 is 5.97 Å². The van der Waals surface area contributed by atoms with E-state index in [-0.39, 0.29) is 12.4 Å². The first kappa shape index (κ1) is 15.5. The molecule has 0 fully saturated rings. The van der Waals surface area contributed by atoms with Crippen molar-refractivity contribution in [2.45, 2.75) is 33.6 Å². The molecule has 1 aliphatic rings. The van der Waals surface area contributed by atoms with Crippen LogP contribution in [0.2, 0.25) is 0 Å². The molecule has 0 saturated heterocycles. The summed E-state index contributed by atoms with van der Waals surface area (Å²) < 4.78 is 10.5. The van der Waals surface area contributed by atoms with Crippen molar-refractivity contribution in [1.82, 2.24) is 0 Å². The Morgan fingerprint density at radius 1 is 1.58 bits per heavy atom. The fourth-order valence-electron chi connectivity index (χ4n) is 1.76. The van der Waals surface area contributed by atoms with E-state index < -0.39 is 11.4 Å². The maximum absolute atomic E-state index is 12.1. The van der Waals surface area contributed by atoms with Gasteiger partial charge in [0, 0.05) is 12.5 Å². The first-order valence-electron chi connectivity index (χ1n) is 6.56. The second kappa shape index (κ2) is 6.55. The van der Waals surface area contributed by atoms with Crippen molar-refractivity contribution < 1.29 is 19.1 Å². The lowest BCUT2D eigenvalue weighted by Crippen LogP contribution is -2.39. The number of hydrogen-bond acceptors (Lipinski definition) is 4. The van der Waals surface area contributed by atoms with Crippen LogP contribution in [0.25, 0.3) is 0 Å². The smallest absolute Gasteiger partial charge is 0.320 e. The lowest BCUT2D eigenvalue weighted by Gasteiger charge is -2.29. The maximum atomic E-state index is 12.1. The van der Waals surface area contributed by atoms with Gasteiger partial charge in [0.2, 0.25) is 0 Å². The fraction of sp³-hybridized carbons (Fsp3) is 0.600. The van der Waals surface area contributed by atoms with Crippen molar-refractivity contribution in [3.63, 3.8) is 0 Å². The Labute approximate surface area is 114 Å². The second-order valence-corrected chi connectivity index (χ2v) is 5.40. The Balaban J connectivity index is 2.68. The number of carbonyl (C=O) groups is 2. The van der Waals surface area contributed by atoms with E-state index in [1.807, 2.05) is 13.8 Å². The van der Waals surface area contributed by atoms with Crippen LogP contribution < -0.4 is 0 Å². The highest BCUT2D eigenvalue weighted by Gasteiger charge is 2.43. The number of carbonyl (C=O) groups excluding carboxylic acids is 2. The summed E-state index contributed by atoms with van der Waals surface area (Å²) in [6.45, 7) is 9.89. The number of ether oxygens (including phenoxy) is 2. The van der Waals surface area contributed by atoms with Crippen LogP contribution in [0.1, 0.15) is 33.6 Å². The van der Waals surface area contributed by atoms with Gasteiger partial charge in [0.15, 0.2) is 5.78 Å². The van der Waals surface area contributed by atoms with Gasteiger partial charge in [-0.1, -0.05) is 26.5 Å². The Bertz CT molecular complexity index is 395. The predicted octanol–water partition coefficient (Wildman–Crippen LogP) is 2.64. The lowest BCUT2D eigenvalue weighted by atomic mass is 9.77. The molecule has 106 valence electrons. The Hall–Kier alpha value is -1.58. The third-order valence-corrected chi connectivity index (χ3v) is 3.09. The summed E-state index contributed by atoms with van der Waals surface area (Å²) in [5, 5.41) is 0. The van der Waals surface area contributed by atoms with Crippen LogP contribution in [-0.4, -0.2) is 25.0 Å². The third kappa shape index (κ3) is 3.94. The van der Waals surface area contributed by atoms with Gasteiger partial charge in [0.1, 0.15) is 12.0 Å². The van der Waals surface area contributed by atoms with E-state index in [0.29, 0.717) is 31.1 Å². The van der Waals surface area contributed by atoms with Crippen LogP contribution in [-0.2, 0) is 19.1 Å². The summed E-state index contributed by atoms with van der Waals surface area (Å²) in [4.78, 5) is 24.0. The fourth-order valence-corrected chi connectivity index (χ4v) is 1.76. The molecule has 0 amide bonds. The average Bonchev–Trinajstić information content (AvgIpc) is 2.37. The molecule has 0 bridgehead atoms. The van der Waals surface area contributed by atoms with Crippen LogP contribution in [0, 0.1) is 11.3 Å². The monoisotopic (exact) mass is 266 g/mol. The van der Waals surface area contributed by atoms with E-state index in [0.717, 1.165) is 0 Å². The van der Waals surface area contributed by atoms with Gasteiger partial charge in [-0.25, -0.2) is 0 Å². The summed E-state index contributed by atoms with van der Waals surface area (Å²) in [5.74, 6) is 0.331. The number of hydrogen-bond donors (Lipinski definition) is 0. The molecule has 0 N–H and O–H groups in total. The molecular weight excluding hydrogens is 244 g/mol. The van der Waals surface area contributed by atoms with Gasteiger partial charge in [-0.3, -0.25) is 9.59 Å². The molecular formula is C15H22O4. The summed E-state index contributed by atoms with van der Waals surface area (Å²) in [6, 6.07) is 0. The van der Waals surface area contributed by atoms with Gasteiger partial charge < -0.3 is 9.47 Å². The zero-order valence-electron chi connectivity index (χ0n) is 11.9. The topological polar surface area (TPSA) is 52.6 Å². The molecule has 1 rings (SSSR count). The van der Waals surface area contributed by atoms with E-state index in [4.69, 9.17) is 9.47 Å². The van der Waals surface area contributed by atoms with E-state index >= 15 is 0 Å². The summed E-state index contributed by atoms with van der Waals surface area (Å²) >= 11 is 0. The molecule has 4 heteroatoms. The van der Waals surface area contributed by atoms with Gasteiger partial charge in [-0.05, 0) is 19.3 Å². The average molecular weight is 266 g/mol. The minimum atomic E-state index is -1.09. The molecule has 0 aliphatic heterocycles. The Kier molecular flexibility index (Phi) is 5.33. The highest BCUT2D eigenvalue weighted by molar-refractivity contribution is 6.09. The minimum Gasteiger partial charge on any atom is -0.498 e. The van der Waals surface area contributed by atoms with Crippen LogP contribution in [0.15, 0.2) is 24.5 Å². The third-order valence-electron chi connectivity index (χ3n) is 3.09. The highest BCUT2D eigenvalue weighted by atomic mass is 16.5. The predicted molar refractivity (Wildman–Crippen MR) is 72.4 cm³/mol. The van der Waals surface area contributed by atoms with Crippen molar-refractivity contribution in [2.75, 3.05) is 13.2 Å². The first-order valence-corrected chi connectivity index (χ1v) is 6.56. The van der Waals surface area contributed by atoms with Crippen LogP contribution in [0.4, 0.5) is 0 Å². The first-order chi connectivity index (χ1) is 8.90. The van der Waals surface area contributed by atoms with Gasteiger partial charge in [-0.2, -0.15) is 0 Å². The molecule has 0 aromatic rings. The van der Waals surface area contributed by atoms with Crippen molar-refractivity contribution in [2.24, 2.45) is 11.3 Å². The zero-order valence-corrected chi connectivity index (χ0v) is 11.9. The minimum absolute atomic E-state index is 0.127. The van der Waals surface area contributed by atoms with Crippen molar-refractivity contribution in [3.8, 4) is 0 Å². The summed E-state index contributed by atoms with van der Waals surface area (Å²) in [5.41, 5.74) is -1.09. The molecule has 1 aliphatic carbocycles. The Morgan fingerprint density at radius 2 is 2.26 bits per heavy atom. The van der Waals surface area contributed by atoms with Crippen molar-refractivity contribution in [3.05, 3.63) is 24.5 Å². The van der Waals surface area contributed by atoms with E-state index in [1.54, 1.807) is 6.92 Å². The maximum Gasteiger partial charge on any atom is 0.320 e. The van der Waals surface area contributed by atoms with E-state index in [1.165, 1.54) is 12.2 Å². The number of allylic oxidation sites excluding steroid dienone is 2. The van der Waals surface area contributed by atoms with Crippen molar-refractivity contribution >= 4 is 11.8 Å². The normalized spacial score (nSPS) is 22.9. The molecule has 0 aromatic heterocycles. The SMILES string of the molecule is C=CCOC(=O)C1(C)CCC(OCC(C)C)=CC1=O. The number of rotatable bonds is 6. The Morgan fingerprint density at radius 3 is 2.79 bits per heavy atom. The van der Waals surface area contributed by atoms with Crippen LogP contribution in [0.5, 0.6) is 0 Å². The highest BCUT2D eigenvalue weighted by Crippen LogP contribution is 2.34. The number of esters is 1. The van der Waals surface area contributed by atoms with Crippen LogP contribution >= 0.6 is 0 Å². The number of ketones is 1. The molecule has 4 nitrogen and oxygen atoms in total. The van der Waals surface area contributed by atoms with Crippen LogP contribution in [0.3, 0.4) is 0 Å². The molecule has 1 unspecified atom stereocenters. The largest absolute Gasteiger partial charge is 0.498 e. The molecule has 0 saturated carbocycles. The lowest BCUT2D eigenvalue weighted by molar-refractivity contribution is -0.158. The molecule has 19 heavy (non-hydrogen) atoms. The van der Waals surface area contributed by atoms with Gasteiger partial charge in [-0.15, -0.1) is 0 Å². The molecule has 0 spiro atoms. The quantitative estimate of drug-likeness (QED) is 0.421. The molecule has 0 heterocycles. The molecule has 0 radical (unpaired) electrons. The van der Waals surface area contributed by atoms with Crippen molar-refractivity contribution in [1.29, 1.82) is 0 Å². The zero-order chi connectivity index (χ0) is 14.5. The second-order valence-electron chi connectivity index (χ2n) is 5.40.